The summed E-state index contributed by atoms with van der Waals surface area (Å²) in [5.74, 6) is 1.37. The SMILES string of the molecule is O=C(CSc1nnc(-c2ccc(Cl)cc2Cl)n1C1CCCCC1)N1CCCCCC1. The largest absolute Gasteiger partial charge is 0.342 e. The van der Waals surface area contributed by atoms with E-state index in [-0.39, 0.29) is 5.91 Å². The summed E-state index contributed by atoms with van der Waals surface area (Å²) >= 11 is 14.1. The quantitative estimate of drug-likeness (QED) is 0.488. The van der Waals surface area contributed by atoms with Crippen LogP contribution in [0.15, 0.2) is 23.4 Å². The number of thioether (sulfide) groups is 1. The minimum Gasteiger partial charge on any atom is -0.342 e. The number of nitrogens with zero attached hydrogens (tertiary/aromatic N) is 4. The van der Waals surface area contributed by atoms with Crippen LogP contribution in [0.25, 0.3) is 11.4 Å². The van der Waals surface area contributed by atoms with E-state index in [2.05, 4.69) is 14.8 Å². The van der Waals surface area contributed by atoms with Crippen LogP contribution in [-0.2, 0) is 4.79 Å². The molecule has 0 radical (unpaired) electrons. The van der Waals surface area contributed by atoms with Crippen molar-refractivity contribution < 1.29 is 4.79 Å². The van der Waals surface area contributed by atoms with Crippen LogP contribution in [0.2, 0.25) is 10.0 Å². The van der Waals surface area contributed by atoms with E-state index in [1.807, 2.05) is 17.0 Å². The van der Waals surface area contributed by atoms with Gasteiger partial charge >= 0.3 is 0 Å². The van der Waals surface area contributed by atoms with E-state index in [0.29, 0.717) is 21.8 Å². The van der Waals surface area contributed by atoms with Crippen molar-refractivity contribution in [3.8, 4) is 11.4 Å². The number of carbonyl (C=O) groups is 1. The predicted octanol–water partition coefficient (Wildman–Crippen LogP) is 6.25. The Kier molecular flexibility index (Phi) is 7.60. The monoisotopic (exact) mass is 466 g/mol. The highest BCUT2D eigenvalue weighted by Gasteiger charge is 2.26. The van der Waals surface area contributed by atoms with E-state index in [1.54, 1.807) is 6.07 Å². The maximum atomic E-state index is 12.8. The molecule has 1 saturated heterocycles. The molecule has 0 spiro atoms. The fourth-order valence-electron chi connectivity index (χ4n) is 4.44. The van der Waals surface area contributed by atoms with Crippen LogP contribution in [0.4, 0.5) is 0 Å². The number of amides is 1. The third-order valence-corrected chi connectivity index (χ3v) is 7.54. The Morgan fingerprint density at radius 1 is 1.00 bits per heavy atom. The molecule has 1 aromatic heterocycles. The normalized spacial score (nSPS) is 18.4. The molecule has 4 rings (SSSR count). The molecular weight excluding hydrogens is 439 g/mol. The van der Waals surface area contributed by atoms with Crippen molar-refractivity contribution in [1.29, 1.82) is 0 Å². The van der Waals surface area contributed by atoms with Gasteiger partial charge in [0.15, 0.2) is 11.0 Å². The molecule has 1 saturated carbocycles. The molecule has 30 heavy (non-hydrogen) atoms. The van der Waals surface area contributed by atoms with Crippen molar-refractivity contribution >= 4 is 40.9 Å². The highest BCUT2D eigenvalue weighted by Crippen LogP contribution is 2.38. The highest BCUT2D eigenvalue weighted by molar-refractivity contribution is 7.99. The number of likely N-dealkylation sites (tertiary alicyclic amines) is 1. The van der Waals surface area contributed by atoms with Crippen molar-refractivity contribution in [3.05, 3.63) is 28.2 Å². The van der Waals surface area contributed by atoms with Crippen molar-refractivity contribution in [1.82, 2.24) is 19.7 Å². The molecule has 1 aliphatic carbocycles. The molecule has 1 aliphatic heterocycles. The van der Waals surface area contributed by atoms with Gasteiger partial charge in [-0.05, 0) is 43.9 Å². The number of hydrogen-bond acceptors (Lipinski definition) is 4. The van der Waals surface area contributed by atoms with Crippen LogP contribution in [0.1, 0.15) is 63.8 Å². The number of rotatable bonds is 5. The fourth-order valence-corrected chi connectivity index (χ4v) is 5.84. The summed E-state index contributed by atoms with van der Waals surface area (Å²) in [4.78, 5) is 14.8. The van der Waals surface area contributed by atoms with Crippen LogP contribution in [0.3, 0.4) is 0 Å². The average molecular weight is 467 g/mol. The lowest BCUT2D eigenvalue weighted by Gasteiger charge is -2.26. The second-order valence-corrected chi connectivity index (χ2v) is 9.96. The van der Waals surface area contributed by atoms with Gasteiger partial charge in [-0.15, -0.1) is 10.2 Å². The van der Waals surface area contributed by atoms with Gasteiger partial charge in [-0.1, -0.05) is 67.1 Å². The Hall–Kier alpha value is -1.24. The Labute approximate surface area is 192 Å². The smallest absolute Gasteiger partial charge is 0.233 e. The molecule has 1 amide bonds. The van der Waals surface area contributed by atoms with Gasteiger partial charge in [0, 0.05) is 29.7 Å². The number of hydrogen-bond donors (Lipinski definition) is 0. The summed E-state index contributed by atoms with van der Waals surface area (Å²) < 4.78 is 2.22. The zero-order valence-corrected chi connectivity index (χ0v) is 19.5. The van der Waals surface area contributed by atoms with Gasteiger partial charge in [-0.25, -0.2) is 0 Å². The van der Waals surface area contributed by atoms with Crippen molar-refractivity contribution in [2.75, 3.05) is 18.8 Å². The minimum atomic E-state index is 0.200. The van der Waals surface area contributed by atoms with Crippen LogP contribution in [-0.4, -0.2) is 44.4 Å². The lowest BCUT2D eigenvalue weighted by atomic mass is 9.95. The number of aromatic nitrogens is 3. The molecule has 0 N–H and O–H groups in total. The summed E-state index contributed by atoms with van der Waals surface area (Å²) in [5.41, 5.74) is 0.838. The molecular formula is C22H28Cl2N4OS. The maximum Gasteiger partial charge on any atom is 0.233 e. The Morgan fingerprint density at radius 3 is 2.40 bits per heavy atom. The molecule has 1 aromatic carbocycles. The van der Waals surface area contributed by atoms with Gasteiger partial charge in [0.1, 0.15) is 0 Å². The standard InChI is InChI=1S/C22H28Cl2N4OS/c23-16-10-11-18(19(24)14-16)21-25-26-22(28(21)17-8-4-3-5-9-17)30-15-20(29)27-12-6-1-2-7-13-27/h10-11,14,17H,1-9,12-13,15H2. The van der Waals surface area contributed by atoms with E-state index in [4.69, 9.17) is 23.2 Å². The Bertz CT molecular complexity index is 874. The lowest BCUT2D eigenvalue weighted by molar-refractivity contribution is -0.128. The molecule has 5 nitrogen and oxygen atoms in total. The molecule has 2 fully saturated rings. The summed E-state index contributed by atoms with van der Waals surface area (Å²) in [6.45, 7) is 1.75. The van der Waals surface area contributed by atoms with E-state index >= 15 is 0 Å². The van der Waals surface area contributed by atoms with Crippen LogP contribution in [0, 0.1) is 0 Å². The summed E-state index contributed by atoms with van der Waals surface area (Å²) in [5, 5.41) is 11.0. The number of halogens is 2. The average Bonchev–Trinajstić information content (AvgIpc) is 2.97. The first-order chi connectivity index (χ1) is 14.6. The molecule has 2 heterocycles. The topological polar surface area (TPSA) is 51.0 Å². The Balaban J connectivity index is 1.57. The minimum absolute atomic E-state index is 0.200. The first-order valence-corrected chi connectivity index (χ1v) is 12.7. The van der Waals surface area contributed by atoms with Gasteiger partial charge in [-0.2, -0.15) is 0 Å². The second-order valence-electron chi connectivity index (χ2n) is 8.18. The maximum absolute atomic E-state index is 12.8. The fraction of sp³-hybridized carbons (Fsp3) is 0.591. The van der Waals surface area contributed by atoms with Gasteiger partial charge in [-0.3, -0.25) is 9.36 Å². The number of benzene rings is 1. The third-order valence-electron chi connectivity index (χ3n) is 6.06. The van der Waals surface area contributed by atoms with Gasteiger partial charge < -0.3 is 4.90 Å². The molecule has 162 valence electrons. The number of carbonyl (C=O) groups excluding carboxylic acids is 1. The second kappa shape index (κ2) is 10.4. The van der Waals surface area contributed by atoms with Crippen molar-refractivity contribution in [2.24, 2.45) is 0 Å². The molecule has 2 aliphatic rings. The molecule has 0 atom stereocenters. The molecule has 2 aromatic rings. The van der Waals surface area contributed by atoms with Gasteiger partial charge in [0.2, 0.25) is 5.91 Å². The van der Waals surface area contributed by atoms with E-state index in [1.165, 1.54) is 43.9 Å². The van der Waals surface area contributed by atoms with E-state index < -0.39 is 0 Å². The third kappa shape index (κ3) is 5.14. The molecule has 8 heteroatoms. The van der Waals surface area contributed by atoms with Gasteiger partial charge in [0.25, 0.3) is 0 Å². The molecule has 0 unspecified atom stereocenters. The predicted molar refractivity (Wildman–Crippen MR) is 123 cm³/mol. The van der Waals surface area contributed by atoms with Crippen LogP contribution < -0.4 is 0 Å². The first kappa shape index (κ1) is 22.0. The zero-order valence-electron chi connectivity index (χ0n) is 17.2. The zero-order chi connectivity index (χ0) is 20.9. The lowest BCUT2D eigenvalue weighted by Crippen LogP contribution is -2.33. The van der Waals surface area contributed by atoms with Crippen molar-refractivity contribution in [3.63, 3.8) is 0 Å². The summed E-state index contributed by atoms with van der Waals surface area (Å²) in [7, 11) is 0. The van der Waals surface area contributed by atoms with Gasteiger partial charge in [0.05, 0.1) is 10.8 Å². The van der Waals surface area contributed by atoms with E-state index in [0.717, 1.165) is 55.3 Å². The first-order valence-electron chi connectivity index (χ1n) is 10.9. The summed E-state index contributed by atoms with van der Waals surface area (Å²) in [6, 6.07) is 5.82. The van der Waals surface area contributed by atoms with E-state index in [9.17, 15) is 4.79 Å². The van der Waals surface area contributed by atoms with Crippen LogP contribution in [0.5, 0.6) is 0 Å². The van der Waals surface area contributed by atoms with Crippen LogP contribution >= 0.6 is 35.0 Å². The van der Waals surface area contributed by atoms with Crippen molar-refractivity contribution in [2.45, 2.75) is 69.0 Å². The molecule has 0 bridgehead atoms. The highest BCUT2D eigenvalue weighted by atomic mass is 35.5. The Morgan fingerprint density at radius 2 is 1.70 bits per heavy atom. The summed E-state index contributed by atoms with van der Waals surface area (Å²) in [6.07, 6.45) is 10.5.